The largest absolute Gasteiger partial charge is 0.354 e. The summed E-state index contributed by atoms with van der Waals surface area (Å²) in [5.41, 5.74) is 8.33. The zero-order chi connectivity index (χ0) is 22.5. The van der Waals surface area contributed by atoms with Crippen LogP contribution < -0.4 is 10.2 Å². The number of hydrogen-bond donors (Lipinski definition) is 1. The van der Waals surface area contributed by atoms with Crippen molar-refractivity contribution in [1.29, 1.82) is 0 Å². The Hall–Kier alpha value is -4.56. The SMILES string of the molecule is c1ccc(N(c2ccccc2)c2ccc3c4c(ccc3c2)-c2cccc3cccc(c23)N4)cc1. The highest BCUT2D eigenvalue weighted by atomic mass is 15.1. The van der Waals surface area contributed by atoms with Crippen LogP contribution in [0.5, 0.6) is 0 Å². The van der Waals surface area contributed by atoms with E-state index in [2.05, 4.69) is 138 Å². The summed E-state index contributed by atoms with van der Waals surface area (Å²) in [4.78, 5) is 2.31. The average Bonchev–Trinajstić information content (AvgIpc) is 2.90. The second-order valence-electron chi connectivity index (χ2n) is 8.73. The van der Waals surface area contributed by atoms with Crippen molar-refractivity contribution < 1.29 is 0 Å². The fourth-order valence-electron chi connectivity index (χ4n) is 5.22. The van der Waals surface area contributed by atoms with Crippen LogP contribution in [0.15, 0.2) is 127 Å². The van der Waals surface area contributed by atoms with E-state index < -0.39 is 0 Å². The molecular weight excluding hydrogens is 412 g/mol. The van der Waals surface area contributed by atoms with Gasteiger partial charge >= 0.3 is 0 Å². The van der Waals surface area contributed by atoms with Crippen LogP contribution in [-0.2, 0) is 0 Å². The highest BCUT2D eigenvalue weighted by Gasteiger charge is 2.20. The molecule has 0 atom stereocenters. The number of anilines is 5. The Morgan fingerprint density at radius 2 is 1.18 bits per heavy atom. The van der Waals surface area contributed by atoms with Gasteiger partial charge in [-0.15, -0.1) is 0 Å². The van der Waals surface area contributed by atoms with Crippen molar-refractivity contribution in [3.8, 4) is 11.1 Å². The molecule has 0 amide bonds. The smallest absolute Gasteiger partial charge is 0.0544 e. The van der Waals surface area contributed by atoms with Crippen LogP contribution in [0.1, 0.15) is 0 Å². The van der Waals surface area contributed by atoms with E-state index >= 15 is 0 Å². The van der Waals surface area contributed by atoms with Crippen LogP contribution in [0.25, 0.3) is 32.7 Å². The molecule has 6 aromatic carbocycles. The van der Waals surface area contributed by atoms with Crippen LogP contribution in [0.2, 0.25) is 0 Å². The molecule has 0 saturated carbocycles. The van der Waals surface area contributed by atoms with Crippen LogP contribution in [0.4, 0.5) is 28.4 Å². The van der Waals surface area contributed by atoms with Crippen molar-refractivity contribution in [3.05, 3.63) is 127 Å². The molecule has 1 aliphatic heterocycles. The van der Waals surface area contributed by atoms with Crippen molar-refractivity contribution in [1.82, 2.24) is 0 Å². The first kappa shape index (κ1) is 19.0. The molecule has 6 aromatic rings. The Labute approximate surface area is 198 Å². The molecule has 1 aliphatic rings. The lowest BCUT2D eigenvalue weighted by molar-refractivity contribution is 1.29. The number of nitrogens with zero attached hydrogens (tertiary/aromatic N) is 1. The first-order valence-electron chi connectivity index (χ1n) is 11.6. The number of rotatable bonds is 3. The molecular formula is C32H22N2. The van der Waals surface area contributed by atoms with E-state index in [0.29, 0.717) is 0 Å². The monoisotopic (exact) mass is 434 g/mol. The van der Waals surface area contributed by atoms with Gasteiger partial charge in [-0.3, -0.25) is 0 Å². The topological polar surface area (TPSA) is 15.3 Å². The van der Waals surface area contributed by atoms with Gasteiger partial charge in [0.05, 0.1) is 5.69 Å². The van der Waals surface area contributed by atoms with Gasteiger partial charge in [-0.2, -0.15) is 0 Å². The summed E-state index contributed by atoms with van der Waals surface area (Å²) in [6.07, 6.45) is 0. The highest BCUT2D eigenvalue weighted by Crippen LogP contribution is 2.47. The third kappa shape index (κ3) is 2.89. The van der Waals surface area contributed by atoms with Crippen molar-refractivity contribution >= 4 is 50.0 Å². The second-order valence-corrected chi connectivity index (χ2v) is 8.73. The molecule has 0 radical (unpaired) electrons. The highest BCUT2D eigenvalue weighted by molar-refractivity contribution is 6.16. The number of fused-ring (bicyclic) bond motifs is 4. The molecule has 0 spiro atoms. The zero-order valence-electron chi connectivity index (χ0n) is 18.6. The maximum absolute atomic E-state index is 3.75. The van der Waals surface area contributed by atoms with E-state index in [-0.39, 0.29) is 0 Å². The van der Waals surface area contributed by atoms with Crippen LogP contribution in [0.3, 0.4) is 0 Å². The normalized spacial score (nSPS) is 11.8. The van der Waals surface area contributed by atoms with E-state index in [9.17, 15) is 0 Å². The maximum Gasteiger partial charge on any atom is 0.0544 e. The fraction of sp³-hybridized carbons (Fsp3) is 0. The minimum Gasteiger partial charge on any atom is -0.354 e. The molecule has 2 nitrogen and oxygen atoms in total. The number of para-hydroxylation sites is 2. The molecule has 160 valence electrons. The lowest BCUT2D eigenvalue weighted by Crippen LogP contribution is -2.09. The molecule has 34 heavy (non-hydrogen) atoms. The van der Waals surface area contributed by atoms with Gasteiger partial charge in [0.1, 0.15) is 0 Å². The summed E-state index contributed by atoms with van der Waals surface area (Å²) in [5, 5.41) is 8.76. The molecule has 0 bridgehead atoms. The lowest BCUT2D eigenvalue weighted by Gasteiger charge is -2.27. The molecule has 1 heterocycles. The van der Waals surface area contributed by atoms with Crippen LogP contribution in [0, 0.1) is 0 Å². The second kappa shape index (κ2) is 7.50. The predicted octanol–water partition coefficient (Wildman–Crippen LogP) is 9.19. The molecule has 0 unspecified atom stereocenters. The summed E-state index contributed by atoms with van der Waals surface area (Å²) in [6, 6.07) is 45.4. The Bertz CT molecular complexity index is 1630. The summed E-state index contributed by atoms with van der Waals surface area (Å²) in [5.74, 6) is 0. The van der Waals surface area contributed by atoms with E-state index in [0.717, 1.165) is 17.1 Å². The van der Waals surface area contributed by atoms with Gasteiger partial charge in [-0.05, 0) is 58.8 Å². The fourth-order valence-corrected chi connectivity index (χ4v) is 5.22. The Morgan fingerprint density at radius 1 is 0.471 bits per heavy atom. The van der Waals surface area contributed by atoms with Gasteiger partial charge in [-0.1, -0.05) is 84.9 Å². The van der Waals surface area contributed by atoms with Crippen LogP contribution in [-0.4, -0.2) is 0 Å². The average molecular weight is 435 g/mol. The van der Waals surface area contributed by atoms with E-state index in [1.807, 2.05) is 0 Å². The van der Waals surface area contributed by atoms with E-state index in [1.54, 1.807) is 0 Å². The summed E-state index contributed by atoms with van der Waals surface area (Å²) in [6.45, 7) is 0. The van der Waals surface area contributed by atoms with Gasteiger partial charge < -0.3 is 10.2 Å². The van der Waals surface area contributed by atoms with E-state index in [4.69, 9.17) is 0 Å². The van der Waals surface area contributed by atoms with Crippen molar-refractivity contribution in [2.24, 2.45) is 0 Å². The minimum atomic E-state index is 1.14. The minimum absolute atomic E-state index is 1.14. The van der Waals surface area contributed by atoms with Gasteiger partial charge in [0, 0.05) is 39.1 Å². The quantitative estimate of drug-likeness (QED) is 0.298. The molecule has 2 heteroatoms. The Balaban J connectivity index is 1.42. The first-order chi connectivity index (χ1) is 16.9. The molecule has 0 fully saturated rings. The molecule has 0 aromatic heterocycles. The van der Waals surface area contributed by atoms with Crippen molar-refractivity contribution in [2.45, 2.75) is 0 Å². The predicted molar refractivity (Wildman–Crippen MR) is 145 cm³/mol. The number of nitrogens with one attached hydrogen (secondary N) is 1. The maximum atomic E-state index is 3.75. The third-order valence-corrected chi connectivity index (χ3v) is 6.74. The zero-order valence-corrected chi connectivity index (χ0v) is 18.6. The third-order valence-electron chi connectivity index (χ3n) is 6.74. The van der Waals surface area contributed by atoms with Crippen molar-refractivity contribution in [3.63, 3.8) is 0 Å². The van der Waals surface area contributed by atoms with Gasteiger partial charge in [0.2, 0.25) is 0 Å². The van der Waals surface area contributed by atoms with Gasteiger partial charge in [0.15, 0.2) is 0 Å². The number of benzene rings is 6. The van der Waals surface area contributed by atoms with E-state index in [1.165, 1.54) is 44.0 Å². The molecule has 1 N–H and O–H groups in total. The summed E-state index contributed by atoms with van der Waals surface area (Å²) >= 11 is 0. The molecule has 0 saturated heterocycles. The summed E-state index contributed by atoms with van der Waals surface area (Å²) < 4.78 is 0. The lowest BCUT2D eigenvalue weighted by atomic mass is 9.90. The standard InChI is InChI=1S/C32H22N2/c1-3-11-24(12-4-1)34(25-13-5-2-6-14-25)26-18-20-27-23(21-26)17-19-29-28-15-7-9-22-10-8-16-30(31(22)28)33-32(27)29/h1-21,33H. The molecule has 7 rings (SSSR count). The first-order valence-corrected chi connectivity index (χ1v) is 11.6. The van der Waals surface area contributed by atoms with Gasteiger partial charge in [-0.25, -0.2) is 0 Å². The molecule has 0 aliphatic carbocycles. The summed E-state index contributed by atoms with van der Waals surface area (Å²) in [7, 11) is 0. The van der Waals surface area contributed by atoms with Crippen LogP contribution >= 0.6 is 0 Å². The number of hydrogen-bond acceptors (Lipinski definition) is 2. The van der Waals surface area contributed by atoms with Gasteiger partial charge in [0.25, 0.3) is 0 Å². The van der Waals surface area contributed by atoms with Crippen molar-refractivity contribution in [2.75, 3.05) is 10.2 Å². The Kier molecular flexibility index (Phi) is 4.18. The Morgan fingerprint density at radius 3 is 1.91 bits per heavy atom.